The lowest BCUT2D eigenvalue weighted by molar-refractivity contribution is 0.0823. The smallest absolute Gasteiger partial charge is 0.251 e. The zero-order valence-corrected chi connectivity index (χ0v) is 16.9. The molecule has 1 aliphatic rings. The van der Waals surface area contributed by atoms with Crippen LogP contribution in [0.4, 0.5) is 0 Å². The van der Waals surface area contributed by atoms with Gasteiger partial charge in [0.25, 0.3) is 5.91 Å². The summed E-state index contributed by atoms with van der Waals surface area (Å²) in [4.78, 5) is 18.4. The number of benzene rings is 2. The Morgan fingerprint density at radius 2 is 1.89 bits per heavy atom. The highest BCUT2D eigenvalue weighted by Gasteiger charge is 2.39. The Balaban J connectivity index is 1.40. The average molecular weight is 395 g/mol. The third kappa shape index (κ3) is 4.09. The Morgan fingerprint density at radius 1 is 1.15 bits per heavy atom. The molecule has 2 aromatic carbocycles. The Hall–Kier alpha value is -2.11. The second kappa shape index (κ2) is 7.87. The van der Waals surface area contributed by atoms with Crippen molar-refractivity contribution < 1.29 is 4.79 Å². The maximum atomic E-state index is 12.8. The monoisotopic (exact) mass is 394 g/mol. The van der Waals surface area contributed by atoms with Gasteiger partial charge >= 0.3 is 0 Å². The Bertz CT molecular complexity index is 915. The van der Waals surface area contributed by atoms with E-state index in [4.69, 9.17) is 0 Å². The molecule has 1 aromatic heterocycles. The average Bonchev–Trinajstić information content (AvgIpc) is 3.09. The van der Waals surface area contributed by atoms with E-state index < -0.39 is 0 Å². The highest BCUT2D eigenvalue weighted by atomic mass is 32.2. The minimum absolute atomic E-state index is 0.00484. The molecule has 1 amide bonds. The molecule has 5 heteroatoms. The highest BCUT2D eigenvalue weighted by Crippen LogP contribution is 2.41. The molecule has 0 atom stereocenters. The Kier molecular flexibility index (Phi) is 5.32. The number of thiazole rings is 1. The molecule has 0 spiro atoms. The summed E-state index contributed by atoms with van der Waals surface area (Å²) < 4.78 is 0. The number of thioether (sulfide) groups is 1. The predicted molar refractivity (Wildman–Crippen MR) is 112 cm³/mol. The van der Waals surface area contributed by atoms with Gasteiger partial charge in [-0.25, -0.2) is 4.98 Å². The van der Waals surface area contributed by atoms with E-state index >= 15 is 0 Å². The summed E-state index contributed by atoms with van der Waals surface area (Å²) in [5.41, 5.74) is 2.83. The lowest BCUT2D eigenvalue weighted by Crippen LogP contribution is -2.50. The zero-order valence-electron chi connectivity index (χ0n) is 15.3. The van der Waals surface area contributed by atoms with E-state index in [1.54, 1.807) is 23.1 Å². The Morgan fingerprint density at radius 3 is 2.48 bits per heavy atom. The third-order valence-electron chi connectivity index (χ3n) is 5.06. The van der Waals surface area contributed by atoms with Gasteiger partial charge in [-0.1, -0.05) is 30.3 Å². The second-order valence-electron chi connectivity index (χ2n) is 6.93. The van der Waals surface area contributed by atoms with Crippen molar-refractivity contribution in [1.82, 2.24) is 10.3 Å². The lowest BCUT2D eigenvalue weighted by Gasteiger charge is -2.43. The fraction of sp³-hybridized carbons (Fsp3) is 0.273. The maximum Gasteiger partial charge on any atom is 0.251 e. The van der Waals surface area contributed by atoms with Gasteiger partial charge in [0, 0.05) is 21.6 Å². The molecule has 1 aliphatic carbocycles. The van der Waals surface area contributed by atoms with E-state index in [1.807, 2.05) is 49.4 Å². The molecule has 1 N–H and O–H groups in total. The molecule has 0 aliphatic heterocycles. The van der Waals surface area contributed by atoms with Gasteiger partial charge in [-0.05, 0) is 56.0 Å². The van der Waals surface area contributed by atoms with E-state index in [1.165, 1.54) is 5.56 Å². The molecule has 1 saturated carbocycles. The number of hydrogen-bond acceptors (Lipinski definition) is 4. The van der Waals surface area contributed by atoms with Crippen molar-refractivity contribution in [3.63, 3.8) is 0 Å². The fourth-order valence-electron chi connectivity index (χ4n) is 3.40. The van der Waals surface area contributed by atoms with Gasteiger partial charge in [0.15, 0.2) is 0 Å². The second-order valence-corrected chi connectivity index (χ2v) is 9.04. The first-order valence-electron chi connectivity index (χ1n) is 9.17. The number of hydrogen-bond donors (Lipinski definition) is 1. The predicted octanol–water partition coefficient (Wildman–Crippen LogP) is 5.55. The first-order chi connectivity index (χ1) is 13.1. The standard InChI is InChI=1S/C22H22N2OS2/c1-16-23-19(14-26-16)15-27-20-10-8-17(9-11-20)21(25)24-22(12-5-13-22)18-6-3-2-4-7-18/h2-4,6-11,14H,5,12-13,15H2,1H3,(H,24,25). The summed E-state index contributed by atoms with van der Waals surface area (Å²) in [5, 5.41) is 6.49. The number of rotatable bonds is 6. The molecule has 0 radical (unpaired) electrons. The van der Waals surface area contributed by atoms with E-state index in [0.29, 0.717) is 5.56 Å². The molecule has 0 bridgehead atoms. The molecular weight excluding hydrogens is 372 g/mol. The normalized spacial score (nSPS) is 15.1. The van der Waals surface area contributed by atoms with Crippen LogP contribution in [-0.4, -0.2) is 10.9 Å². The van der Waals surface area contributed by atoms with Crippen molar-refractivity contribution in [3.8, 4) is 0 Å². The van der Waals surface area contributed by atoms with Crippen LogP contribution in [0.15, 0.2) is 64.9 Å². The zero-order chi connectivity index (χ0) is 18.7. The van der Waals surface area contributed by atoms with Crippen LogP contribution in [0.25, 0.3) is 0 Å². The van der Waals surface area contributed by atoms with Gasteiger partial charge in [0.1, 0.15) is 0 Å². The summed E-state index contributed by atoms with van der Waals surface area (Å²) >= 11 is 3.42. The van der Waals surface area contributed by atoms with Crippen LogP contribution >= 0.6 is 23.1 Å². The fourth-order valence-corrected chi connectivity index (χ4v) is 4.91. The highest BCUT2D eigenvalue weighted by molar-refractivity contribution is 7.98. The molecule has 138 valence electrons. The van der Waals surface area contributed by atoms with E-state index in [0.717, 1.165) is 40.6 Å². The number of amides is 1. The SMILES string of the molecule is Cc1nc(CSc2ccc(C(=O)NC3(c4ccccc4)CCC3)cc2)cs1. The van der Waals surface area contributed by atoms with Crippen molar-refractivity contribution in [2.45, 2.75) is 42.4 Å². The number of carbonyl (C=O) groups excluding carboxylic acids is 1. The summed E-state index contributed by atoms with van der Waals surface area (Å²) in [6.45, 7) is 2.02. The third-order valence-corrected chi connectivity index (χ3v) is 6.92. The van der Waals surface area contributed by atoms with E-state index in [-0.39, 0.29) is 11.4 Å². The minimum atomic E-state index is -0.200. The Labute approximate surface area is 168 Å². The van der Waals surface area contributed by atoms with Crippen LogP contribution in [0.5, 0.6) is 0 Å². The van der Waals surface area contributed by atoms with Gasteiger partial charge < -0.3 is 5.32 Å². The van der Waals surface area contributed by atoms with E-state index in [2.05, 4.69) is 27.8 Å². The van der Waals surface area contributed by atoms with Crippen molar-refractivity contribution in [2.24, 2.45) is 0 Å². The van der Waals surface area contributed by atoms with Crippen LogP contribution in [0, 0.1) is 6.92 Å². The lowest BCUT2D eigenvalue weighted by atomic mass is 9.71. The van der Waals surface area contributed by atoms with Crippen LogP contribution in [-0.2, 0) is 11.3 Å². The van der Waals surface area contributed by atoms with Crippen molar-refractivity contribution >= 4 is 29.0 Å². The van der Waals surface area contributed by atoms with Crippen molar-refractivity contribution in [3.05, 3.63) is 81.8 Å². The molecule has 4 rings (SSSR count). The van der Waals surface area contributed by atoms with Gasteiger partial charge in [-0.15, -0.1) is 23.1 Å². The number of nitrogens with one attached hydrogen (secondary N) is 1. The molecule has 3 nitrogen and oxygen atoms in total. The molecule has 27 heavy (non-hydrogen) atoms. The molecule has 0 saturated heterocycles. The van der Waals surface area contributed by atoms with Gasteiger partial charge in [0.2, 0.25) is 0 Å². The first-order valence-corrected chi connectivity index (χ1v) is 11.0. The topological polar surface area (TPSA) is 42.0 Å². The first kappa shape index (κ1) is 18.3. The molecule has 1 heterocycles. The van der Waals surface area contributed by atoms with Gasteiger partial charge in [-0.3, -0.25) is 4.79 Å². The van der Waals surface area contributed by atoms with Crippen LogP contribution < -0.4 is 5.32 Å². The molecule has 1 fully saturated rings. The van der Waals surface area contributed by atoms with Crippen LogP contribution in [0.3, 0.4) is 0 Å². The van der Waals surface area contributed by atoms with Crippen LogP contribution in [0.2, 0.25) is 0 Å². The summed E-state index contributed by atoms with van der Waals surface area (Å²) in [6.07, 6.45) is 3.16. The largest absolute Gasteiger partial charge is 0.343 e. The maximum absolute atomic E-state index is 12.8. The number of nitrogens with zero attached hydrogens (tertiary/aromatic N) is 1. The van der Waals surface area contributed by atoms with Crippen molar-refractivity contribution in [2.75, 3.05) is 0 Å². The minimum Gasteiger partial charge on any atom is -0.343 e. The van der Waals surface area contributed by atoms with Gasteiger partial charge in [-0.2, -0.15) is 0 Å². The van der Waals surface area contributed by atoms with Crippen LogP contribution in [0.1, 0.15) is 45.9 Å². The molecular formula is C22H22N2OS2. The number of carbonyl (C=O) groups is 1. The van der Waals surface area contributed by atoms with E-state index in [9.17, 15) is 4.79 Å². The molecule has 3 aromatic rings. The van der Waals surface area contributed by atoms with Gasteiger partial charge in [0.05, 0.1) is 16.2 Å². The number of aryl methyl sites for hydroxylation is 1. The summed E-state index contributed by atoms with van der Waals surface area (Å²) in [7, 11) is 0. The summed E-state index contributed by atoms with van der Waals surface area (Å²) in [6, 6.07) is 18.2. The number of aromatic nitrogens is 1. The molecule has 0 unspecified atom stereocenters. The summed E-state index contributed by atoms with van der Waals surface area (Å²) in [5.74, 6) is 0.859. The van der Waals surface area contributed by atoms with Crippen molar-refractivity contribution in [1.29, 1.82) is 0 Å². The quantitative estimate of drug-likeness (QED) is 0.557.